The third kappa shape index (κ3) is 6.31. The van der Waals surface area contributed by atoms with Crippen LogP contribution in [-0.2, 0) is 14.4 Å². The minimum atomic E-state index is -0.476. The van der Waals surface area contributed by atoms with Crippen molar-refractivity contribution in [3.8, 4) is 0 Å². The number of hydrogen-bond donors (Lipinski definition) is 1. The van der Waals surface area contributed by atoms with E-state index in [1.807, 2.05) is 14.1 Å². The van der Waals surface area contributed by atoms with Crippen LogP contribution >= 0.6 is 0 Å². The molecule has 0 aromatic heterocycles. The maximum atomic E-state index is 14.3. The van der Waals surface area contributed by atoms with Crippen LogP contribution in [0.15, 0.2) is 18.2 Å². The minimum Gasteiger partial charge on any atom is -0.355 e. The van der Waals surface area contributed by atoms with Crippen molar-refractivity contribution in [3.05, 3.63) is 29.6 Å². The molecule has 0 spiro atoms. The van der Waals surface area contributed by atoms with E-state index in [-0.39, 0.29) is 47.7 Å². The molecule has 3 rings (SSSR count). The Kier molecular flexibility index (Phi) is 7.77. The molecular formula is C25H37FN4O3. The average Bonchev–Trinajstić information content (AvgIpc) is 3.12. The van der Waals surface area contributed by atoms with Gasteiger partial charge in [-0.2, -0.15) is 0 Å². The molecular weight excluding hydrogens is 423 g/mol. The zero-order valence-electron chi connectivity index (χ0n) is 20.5. The van der Waals surface area contributed by atoms with Gasteiger partial charge in [-0.1, -0.05) is 19.9 Å². The molecule has 8 heteroatoms. The first-order valence-corrected chi connectivity index (χ1v) is 11.7. The van der Waals surface area contributed by atoms with Crippen LogP contribution < -0.4 is 10.2 Å². The predicted octanol–water partition coefficient (Wildman–Crippen LogP) is 2.43. The highest BCUT2D eigenvalue weighted by Crippen LogP contribution is 2.30. The van der Waals surface area contributed by atoms with Crippen LogP contribution in [0, 0.1) is 30.0 Å². The Bertz CT molecular complexity index is 894. The summed E-state index contributed by atoms with van der Waals surface area (Å²) in [7, 11) is 4.04. The quantitative estimate of drug-likeness (QED) is 0.678. The Morgan fingerprint density at radius 3 is 2.45 bits per heavy atom. The normalized spacial score (nSPS) is 20.0. The third-order valence-corrected chi connectivity index (χ3v) is 6.53. The van der Waals surface area contributed by atoms with Crippen molar-refractivity contribution in [3.63, 3.8) is 0 Å². The monoisotopic (exact) mass is 460 g/mol. The molecule has 0 radical (unpaired) electrons. The number of aryl methyl sites for hydroxylation is 1. The fraction of sp³-hybridized carbons (Fsp3) is 0.640. The molecule has 7 nitrogen and oxygen atoms in total. The van der Waals surface area contributed by atoms with Gasteiger partial charge in [-0.3, -0.25) is 14.4 Å². The van der Waals surface area contributed by atoms with Gasteiger partial charge in [-0.15, -0.1) is 0 Å². The molecule has 1 aromatic carbocycles. The fourth-order valence-corrected chi connectivity index (χ4v) is 4.94. The number of anilines is 1. The first-order chi connectivity index (χ1) is 15.5. The molecule has 3 amide bonds. The van der Waals surface area contributed by atoms with Gasteiger partial charge in [0.15, 0.2) is 0 Å². The lowest BCUT2D eigenvalue weighted by atomic mass is 9.91. The number of carbonyl (C=O) groups excluding carboxylic acids is 3. The molecule has 0 bridgehead atoms. The summed E-state index contributed by atoms with van der Waals surface area (Å²) in [5, 5.41) is 3.08. The topological polar surface area (TPSA) is 73.0 Å². The molecule has 2 aliphatic heterocycles. The maximum Gasteiger partial charge on any atom is 0.228 e. The Balaban J connectivity index is 1.50. The van der Waals surface area contributed by atoms with Gasteiger partial charge < -0.3 is 20.0 Å². The number of nitrogens with zero attached hydrogens (tertiary/aromatic N) is 3. The number of piperidine rings is 1. The maximum absolute atomic E-state index is 14.3. The molecule has 1 unspecified atom stereocenters. The second kappa shape index (κ2) is 10.2. The summed E-state index contributed by atoms with van der Waals surface area (Å²) in [5.74, 6) is -1.29. The fourth-order valence-electron chi connectivity index (χ4n) is 4.94. The Morgan fingerprint density at radius 1 is 1.18 bits per heavy atom. The number of carbonyl (C=O) groups is 3. The van der Waals surface area contributed by atoms with Gasteiger partial charge in [0.05, 0.1) is 11.6 Å². The smallest absolute Gasteiger partial charge is 0.228 e. The first-order valence-electron chi connectivity index (χ1n) is 11.7. The van der Waals surface area contributed by atoms with E-state index in [1.54, 1.807) is 24.0 Å². The van der Waals surface area contributed by atoms with Gasteiger partial charge in [0.25, 0.3) is 0 Å². The van der Waals surface area contributed by atoms with Gasteiger partial charge in [0.2, 0.25) is 17.7 Å². The Hall–Kier alpha value is -2.48. The zero-order chi connectivity index (χ0) is 24.3. The van der Waals surface area contributed by atoms with Crippen LogP contribution in [-0.4, -0.2) is 74.3 Å². The third-order valence-electron chi connectivity index (χ3n) is 6.53. The summed E-state index contributed by atoms with van der Waals surface area (Å²) in [4.78, 5) is 43.4. The molecule has 2 aliphatic rings. The SMILES string of the molecule is Cc1ccc(N2CC(C(=O)N3CCC(C(=O)NCC(C)(C)CN(C)C)CC3)CC2=O)c(F)c1. The van der Waals surface area contributed by atoms with Crippen LogP contribution in [0.1, 0.15) is 38.7 Å². The molecule has 0 aliphatic carbocycles. The average molecular weight is 461 g/mol. The van der Waals surface area contributed by atoms with E-state index in [2.05, 4.69) is 24.1 Å². The van der Waals surface area contributed by atoms with Crippen LogP contribution in [0.3, 0.4) is 0 Å². The Morgan fingerprint density at radius 2 is 1.85 bits per heavy atom. The van der Waals surface area contributed by atoms with E-state index in [0.717, 1.165) is 12.1 Å². The highest BCUT2D eigenvalue weighted by atomic mass is 19.1. The second-order valence-electron chi connectivity index (χ2n) is 10.6. The number of likely N-dealkylation sites (tertiary alicyclic amines) is 1. The van der Waals surface area contributed by atoms with E-state index in [9.17, 15) is 18.8 Å². The van der Waals surface area contributed by atoms with Gasteiger partial charge in [0, 0.05) is 45.1 Å². The molecule has 1 atom stereocenters. The number of rotatable bonds is 7. The molecule has 0 saturated carbocycles. The van der Waals surface area contributed by atoms with Crippen molar-refractivity contribution in [1.82, 2.24) is 15.1 Å². The van der Waals surface area contributed by atoms with E-state index in [1.165, 1.54) is 11.0 Å². The molecule has 182 valence electrons. The number of nitrogens with one attached hydrogen (secondary N) is 1. The summed E-state index contributed by atoms with van der Waals surface area (Å²) in [6.07, 6.45) is 1.32. The van der Waals surface area contributed by atoms with E-state index in [4.69, 9.17) is 0 Å². The lowest BCUT2D eigenvalue weighted by molar-refractivity contribution is -0.139. The van der Waals surface area contributed by atoms with Crippen molar-refractivity contribution in [2.75, 3.05) is 51.7 Å². The number of benzene rings is 1. The minimum absolute atomic E-state index is 0.0202. The molecule has 2 heterocycles. The molecule has 33 heavy (non-hydrogen) atoms. The molecule has 1 N–H and O–H groups in total. The number of halogens is 1. The van der Waals surface area contributed by atoms with Gasteiger partial charge in [0.1, 0.15) is 5.82 Å². The molecule has 2 saturated heterocycles. The molecule has 1 aromatic rings. The zero-order valence-corrected chi connectivity index (χ0v) is 20.5. The summed E-state index contributed by atoms with van der Waals surface area (Å²) < 4.78 is 14.3. The van der Waals surface area contributed by atoms with Crippen LogP contribution in [0.2, 0.25) is 0 Å². The van der Waals surface area contributed by atoms with Crippen molar-refractivity contribution < 1.29 is 18.8 Å². The molecule has 2 fully saturated rings. The standard InChI is InChI=1S/C25H37FN4O3/c1-17-6-7-21(20(26)12-17)30-14-19(13-22(30)31)24(33)29-10-8-18(9-11-29)23(32)27-15-25(2,3)16-28(4)5/h6-7,12,18-19H,8-11,13-16H2,1-5H3,(H,27,32). The highest BCUT2D eigenvalue weighted by Gasteiger charge is 2.39. The van der Waals surface area contributed by atoms with E-state index >= 15 is 0 Å². The lowest BCUT2D eigenvalue weighted by Gasteiger charge is -2.34. The summed E-state index contributed by atoms with van der Waals surface area (Å²) in [6.45, 7) is 8.73. The lowest BCUT2D eigenvalue weighted by Crippen LogP contribution is -2.47. The van der Waals surface area contributed by atoms with E-state index in [0.29, 0.717) is 32.5 Å². The van der Waals surface area contributed by atoms with Crippen molar-refractivity contribution in [1.29, 1.82) is 0 Å². The van der Waals surface area contributed by atoms with Crippen molar-refractivity contribution in [2.24, 2.45) is 17.3 Å². The van der Waals surface area contributed by atoms with Crippen molar-refractivity contribution >= 4 is 23.4 Å². The van der Waals surface area contributed by atoms with Crippen LogP contribution in [0.25, 0.3) is 0 Å². The van der Waals surface area contributed by atoms with Gasteiger partial charge in [-0.25, -0.2) is 4.39 Å². The predicted molar refractivity (Wildman–Crippen MR) is 126 cm³/mol. The largest absolute Gasteiger partial charge is 0.355 e. The van der Waals surface area contributed by atoms with Gasteiger partial charge in [-0.05, 0) is 57.0 Å². The highest BCUT2D eigenvalue weighted by molar-refractivity contribution is 6.00. The Labute approximate surface area is 196 Å². The first kappa shape index (κ1) is 25.1. The van der Waals surface area contributed by atoms with Crippen LogP contribution in [0.4, 0.5) is 10.1 Å². The second-order valence-corrected chi connectivity index (χ2v) is 10.6. The number of amides is 3. The van der Waals surface area contributed by atoms with Gasteiger partial charge >= 0.3 is 0 Å². The number of hydrogen-bond acceptors (Lipinski definition) is 4. The summed E-state index contributed by atoms with van der Waals surface area (Å²) in [5.41, 5.74) is 0.991. The summed E-state index contributed by atoms with van der Waals surface area (Å²) in [6, 6.07) is 4.76. The van der Waals surface area contributed by atoms with Crippen LogP contribution in [0.5, 0.6) is 0 Å². The van der Waals surface area contributed by atoms with E-state index < -0.39 is 11.7 Å². The summed E-state index contributed by atoms with van der Waals surface area (Å²) >= 11 is 0. The van der Waals surface area contributed by atoms with Crippen molar-refractivity contribution in [2.45, 2.75) is 40.0 Å².